The Balaban J connectivity index is 1.07. The lowest BCUT2D eigenvalue weighted by atomic mass is 9.86. The smallest absolute Gasteiger partial charge is 0.323 e. The second kappa shape index (κ2) is 11.0. The van der Waals surface area contributed by atoms with E-state index in [0.717, 1.165) is 47.2 Å². The number of fused-ring (bicyclic) bond motifs is 2. The first-order valence-electron chi connectivity index (χ1n) is 13.3. The number of piperazine rings is 1. The predicted molar refractivity (Wildman–Crippen MR) is 156 cm³/mol. The Morgan fingerprint density at radius 2 is 1.25 bits per heavy atom. The zero-order valence-corrected chi connectivity index (χ0v) is 22.2. The summed E-state index contributed by atoms with van der Waals surface area (Å²) in [6.45, 7) is 2.71. The lowest BCUT2D eigenvalue weighted by molar-refractivity contribution is -0.132. The van der Waals surface area contributed by atoms with Crippen molar-refractivity contribution in [3.8, 4) is 17.2 Å². The van der Waals surface area contributed by atoms with E-state index in [1.54, 1.807) is 31.4 Å². The third-order valence-electron chi connectivity index (χ3n) is 7.36. The van der Waals surface area contributed by atoms with Gasteiger partial charge in [0.05, 0.1) is 13.0 Å². The highest BCUT2D eigenvalue weighted by atomic mass is 16.5. The van der Waals surface area contributed by atoms with Gasteiger partial charge in [0.15, 0.2) is 0 Å². The minimum atomic E-state index is -0.373. The van der Waals surface area contributed by atoms with Crippen molar-refractivity contribution in [3.63, 3.8) is 0 Å². The molecule has 2 aliphatic rings. The Bertz CT molecular complexity index is 1470. The molecule has 6 rings (SSSR count). The van der Waals surface area contributed by atoms with Gasteiger partial charge >= 0.3 is 6.03 Å². The van der Waals surface area contributed by atoms with Crippen molar-refractivity contribution in [3.05, 3.63) is 108 Å². The van der Waals surface area contributed by atoms with Gasteiger partial charge in [0.2, 0.25) is 5.91 Å². The zero-order valence-electron chi connectivity index (χ0n) is 22.2. The van der Waals surface area contributed by atoms with E-state index in [4.69, 9.17) is 9.47 Å². The highest BCUT2D eigenvalue weighted by molar-refractivity contribution is 5.99. The fourth-order valence-electron chi connectivity index (χ4n) is 5.27. The van der Waals surface area contributed by atoms with Crippen LogP contribution in [0.2, 0.25) is 0 Å². The van der Waals surface area contributed by atoms with E-state index in [0.29, 0.717) is 24.5 Å². The van der Waals surface area contributed by atoms with Gasteiger partial charge in [-0.05, 0) is 60.7 Å². The minimum absolute atomic E-state index is 0.102. The molecule has 2 N–H and O–H groups in total. The average molecular weight is 535 g/mol. The van der Waals surface area contributed by atoms with Crippen molar-refractivity contribution in [1.82, 2.24) is 4.90 Å². The van der Waals surface area contributed by atoms with Crippen molar-refractivity contribution >= 4 is 29.0 Å². The van der Waals surface area contributed by atoms with Gasteiger partial charge in [-0.3, -0.25) is 4.79 Å². The van der Waals surface area contributed by atoms with Crippen molar-refractivity contribution in [2.24, 2.45) is 0 Å². The molecule has 0 saturated carbocycles. The van der Waals surface area contributed by atoms with Crippen LogP contribution < -0.4 is 25.0 Å². The Morgan fingerprint density at radius 1 is 0.725 bits per heavy atom. The largest absolute Gasteiger partial charge is 0.497 e. The van der Waals surface area contributed by atoms with Crippen LogP contribution in [0.25, 0.3) is 0 Å². The molecule has 0 radical (unpaired) electrons. The number of anilines is 3. The molecule has 0 aliphatic carbocycles. The van der Waals surface area contributed by atoms with E-state index in [1.807, 2.05) is 77.7 Å². The number of nitrogens with zero attached hydrogens (tertiary/aromatic N) is 2. The third-order valence-corrected chi connectivity index (χ3v) is 7.36. The number of hydrogen-bond acceptors (Lipinski definition) is 5. The lowest BCUT2D eigenvalue weighted by Gasteiger charge is -2.38. The Morgan fingerprint density at radius 3 is 1.80 bits per heavy atom. The summed E-state index contributed by atoms with van der Waals surface area (Å²) in [5, 5.41) is 5.67. The molecule has 8 heteroatoms. The molecular formula is C32H30N4O4. The van der Waals surface area contributed by atoms with Crippen LogP contribution in [-0.2, 0) is 4.79 Å². The van der Waals surface area contributed by atoms with Crippen LogP contribution >= 0.6 is 0 Å². The molecule has 0 atom stereocenters. The molecule has 1 fully saturated rings. The Labute approximate surface area is 233 Å². The van der Waals surface area contributed by atoms with Gasteiger partial charge in [0.25, 0.3) is 0 Å². The van der Waals surface area contributed by atoms with E-state index < -0.39 is 0 Å². The Kier molecular flexibility index (Phi) is 6.97. The van der Waals surface area contributed by atoms with Crippen molar-refractivity contribution in [2.45, 2.75) is 5.92 Å². The summed E-state index contributed by atoms with van der Waals surface area (Å²) in [5.74, 6) is 1.94. The van der Waals surface area contributed by atoms with Crippen LogP contribution in [0.1, 0.15) is 17.0 Å². The van der Waals surface area contributed by atoms with Gasteiger partial charge in [0.1, 0.15) is 17.2 Å². The van der Waals surface area contributed by atoms with Crippen LogP contribution in [0.3, 0.4) is 0 Å². The predicted octanol–water partition coefficient (Wildman–Crippen LogP) is 5.93. The molecule has 8 nitrogen and oxygen atoms in total. The third kappa shape index (κ3) is 5.16. The molecule has 4 aromatic rings. The van der Waals surface area contributed by atoms with Gasteiger partial charge < -0.3 is 29.9 Å². The summed E-state index contributed by atoms with van der Waals surface area (Å²) < 4.78 is 11.2. The molecule has 4 aromatic carbocycles. The summed E-state index contributed by atoms with van der Waals surface area (Å²) in [7, 11) is 1.60. The zero-order chi connectivity index (χ0) is 27.5. The average Bonchev–Trinajstić information content (AvgIpc) is 3.00. The summed E-state index contributed by atoms with van der Waals surface area (Å²) in [5.41, 5.74) is 4.24. The van der Waals surface area contributed by atoms with E-state index in [9.17, 15) is 9.59 Å². The van der Waals surface area contributed by atoms with Crippen LogP contribution in [0.15, 0.2) is 97.1 Å². The quantitative estimate of drug-likeness (QED) is 0.332. The van der Waals surface area contributed by atoms with Gasteiger partial charge in [-0.1, -0.05) is 36.4 Å². The molecule has 0 bridgehead atoms. The fourth-order valence-corrected chi connectivity index (χ4v) is 5.27. The van der Waals surface area contributed by atoms with E-state index in [1.165, 1.54) is 0 Å². The van der Waals surface area contributed by atoms with E-state index in [2.05, 4.69) is 15.5 Å². The van der Waals surface area contributed by atoms with Crippen molar-refractivity contribution in [1.29, 1.82) is 0 Å². The number of carbonyl (C=O) groups is 2. The Hall–Kier alpha value is -4.98. The monoisotopic (exact) mass is 534 g/mol. The number of urea groups is 1. The number of para-hydroxylation sites is 2. The molecule has 0 aromatic heterocycles. The van der Waals surface area contributed by atoms with Crippen LogP contribution in [0.5, 0.6) is 17.2 Å². The second-order valence-electron chi connectivity index (χ2n) is 9.78. The number of ether oxygens (including phenoxy) is 2. The maximum absolute atomic E-state index is 13.8. The number of amides is 3. The van der Waals surface area contributed by atoms with E-state index in [-0.39, 0.29) is 17.9 Å². The molecule has 0 spiro atoms. The maximum Gasteiger partial charge on any atom is 0.323 e. The minimum Gasteiger partial charge on any atom is -0.497 e. The number of carbonyl (C=O) groups excluding carboxylic acids is 2. The lowest BCUT2D eigenvalue weighted by Crippen LogP contribution is -2.50. The normalized spacial score (nSPS) is 14.4. The number of rotatable bonds is 5. The number of benzene rings is 4. The summed E-state index contributed by atoms with van der Waals surface area (Å²) >= 11 is 0. The summed E-state index contributed by atoms with van der Waals surface area (Å²) in [6.07, 6.45) is 0. The first kappa shape index (κ1) is 25.3. The number of methoxy groups -OCH3 is 1. The SMILES string of the molecule is COc1ccc(NC(=O)Nc2ccc(N3CCN(C(=O)C4c5ccccc5Oc5ccccc54)CC3)cc2)cc1. The van der Waals surface area contributed by atoms with Gasteiger partial charge in [-0.15, -0.1) is 0 Å². The number of nitrogens with one attached hydrogen (secondary N) is 2. The van der Waals surface area contributed by atoms with E-state index >= 15 is 0 Å². The molecule has 2 heterocycles. The fraction of sp³-hybridized carbons (Fsp3) is 0.188. The molecule has 1 saturated heterocycles. The van der Waals surface area contributed by atoms with Crippen molar-refractivity contribution < 1.29 is 19.1 Å². The van der Waals surface area contributed by atoms with Gasteiger partial charge in [-0.2, -0.15) is 0 Å². The summed E-state index contributed by atoms with van der Waals surface area (Å²) in [6, 6.07) is 30.2. The highest BCUT2D eigenvalue weighted by Crippen LogP contribution is 2.44. The summed E-state index contributed by atoms with van der Waals surface area (Å²) in [4.78, 5) is 30.4. The standard InChI is InChI=1S/C32H30N4O4/c1-39-25-16-12-23(13-17-25)34-32(38)33-22-10-14-24(15-11-22)35-18-20-36(21-19-35)31(37)30-26-6-2-4-8-28(26)40-29-9-5-3-7-27(29)30/h2-17,30H,18-21H2,1H3,(H2,33,34,38). The highest BCUT2D eigenvalue weighted by Gasteiger charge is 2.36. The van der Waals surface area contributed by atoms with Gasteiger partial charge in [0, 0.05) is 54.4 Å². The molecule has 3 amide bonds. The molecule has 0 unspecified atom stereocenters. The first-order chi connectivity index (χ1) is 19.6. The van der Waals surface area contributed by atoms with Crippen LogP contribution in [0, 0.1) is 0 Å². The molecule has 40 heavy (non-hydrogen) atoms. The maximum atomic E-state index is 13.8. The molecule has 2 aliphatic heterocycles. The molecule has 202 valence electrons. The topological polar surface area (TPSA) is 83.1 Å². The van der Waals surface area contributed by atoms with Gasteiger partial charge in [-0.25, -0.2) is 4.79 Å². The van der Waals surface area contributed by atoms with Crippen LogP contribution in [0.4, 0.5) is 21.9 Å². The van der Waals surface area contributed by atoms with Crippen molar-refractivity contribution in [2.75, 3.05) is 48.8 Å². The first-order valence-corrected chi connectivity index (χ1v) is 13.3. The second-order valence-corrected chi connectivity index (χ2v) is 9.78. The van der Waals surface area contributed by atoms with Crippen LogP contribution in [-0.4, -0.2) is 50.1 Å². The molecular weight excluding hydrogens is 504 g/mol. The number of hydrogen-bond donors (Lipinski definition) is 2.